The predicted molar refractivity (Wildman–Crippen MR) is 42.8 cm³/mol. The SMILES string of the molecule is Cc1c(Cl)cccc1C[NH3+]. The molecule has 1 rings (SSSR count). The van der Waals surface area contributed by atoms with Crippen LogP contribution >= 0.6 is 11.6 Å². The van der Waals surface area contributed by atoms with Crippen molar-refractivity contribution in [2.45, 2.75) is 13.5 Å². The van der Waals surface area contributed by atoms with Crippen LogP contribution in [0.25, 0.3) is 0 Å². The van der Waals surface area contributed by atoms with E-state index in [0.717, 1.165) is 17.1 Å². The van der Waals surface area contributed by atoms with Gasteiger partial charge in [0, 0.05) is 10.6 Å². The topological polar surface area (TPSA) is 27.6 Å². The van der Waals surface area contributed by atoms with E-state index in [2.05, 4.69) is 5.73 Å². The van der Waals surface area contributed by atoms with Crippen LogP contribution in [-0.4, -0.2) is 0 Å². The Hall–Kier alpha value is -0.530. The van der Waals surface area contributed by atoms with Crippen molar-refractivity contribution in [2.75, 3.05) is 0 Å². The van der Waals surface area contributed by atoms with Crippen LogP contribution in [0.5, 0.6) is 0 Å². The summed E-state index contributed by atoms with van der Waals surface area (Å²) in [6.07, 6.45) is 0. The Kier molecular flexibility index (Phi) is 2.30. The molecule has 10 heavy (non-hydrogen) atoms. The van der Waals surface area contributed by atoms with E-state index in [1.54, 1.807) is 0 Å². The third-order valence-electron chi connectivity index (χ3n) is 1.65. The van der Waals surface area contributed by atoms with E-state index in [1.807, 2.05) is 25.1 Å². The second kappa shape index (κ2) is 3.04. The fraction of sp³-hybridized carbons (Fsp3) is 0.250. The lowest BCUT2D eigenvalue weighted by Crippen LogP contribution is -2.47. The van der Waals surface area contributed by atoms with Crippen LogP contribution in [0.2, 0.25) is 5.02 Å². The normalized spacial score (nSPS) is 9.90. The van der Waals surface area contributed by atoms with E-state index in [0.29, 0.717) is 0 Å². The van der Waals surface area contributed by atoms with Crippen LogP contribution in [0, 0.1) is 6.92 Å². The average molecular weight is 157 g/mol. The molecule has 0 radical (unpaired) electrons. The monoisotopic (exact) mass is 156 g/mol. The molecule has 0 aliphatic carbocycles. The summed E-state index contributed by atoms with van der Waals surface area (Å²) in [7, 11) is 0. The van der Waals surface area contributed by atoms with Crippen molar-refractivity contribution < 1.29 is 5.73 Å². The highest BCUT2D eigenvalue weighted by Gasteiger charge is 1.99. The first-order valence-corrected chi connectivity index (χ1v) is 3.66. The van der Waals surface area contributed by atoms with Gasteiger partial charge >= 0.3 is 0 Å². The molecule has 0 saturated heterocycles. The number of halogens is 1. The molecule has 0 fully saturated rings. The number of hydrogen-bond acceptors (Lipinski definition) is 0. The largest absolute Gasteiger partial charge is 0.354 e. The molecule has 0 heterocycles. The molecule has 1 aromatic carbocycles. The van der Waals surface area contributed by atoms with E-state index in [4.69, 9.17) is 11.6 Å². The minimum Gasteiger partial charge on any atom is -0.354 e. The Morgan fingerprint density at radius 3 is 2.70 bits per heavy atom. The van der Waals surface area contributed by atoms with Crippen LogP contribution in [0.3, 0.4) is 0 Å². The van der Waals surface area contributed by atoms with Gasteiger partial charge in [0.25, 0.3) is 0 Å². The van der Waals surface area contributed by atoms with E-state index in [9.17, 15) is 0 Å². The number of quaternary nitrogens is 1. The van der Waals surface area contributed by atoms with Crippen LogP contribution in [0.15, 0.2) is 18.2 Å². The van der Waals surface area contributed by atoms with Gasteiger partial charge in [-0.05, 0) is 18.6 Å². The molecular weight excluding hydrogens is 146 g/mol. The van der Waals surface area contributed by atoms with Crippen LogP contribution in [0.4, 0.5) is 0 Å². The Bertz CT molecular complexity index is 233. The molecule has 2 heteroatoms. The van der Waals surface area contributed by atoms with Crippen molar-refractivity contribution in [3.05, 3.63) is 34.3 Å². The summed E-state index contributed by atoms with van der Waals surface area (Å²) >= 11 is 5.86. The highest BCUT2D eigenvalue weighted by molar-refractivity contribution is 6.31. The highest BCUT2D eigenvalue weighted by atomic mass is 35.5. The van der Waals surface area contributed by atoms with Crippen LogP contribution in [-0.2, 0) is 6.54 Å². The fourth-order valence-corrected chi connectivity index (χ4v) is 1.12. The third kappa shape index (κ3) is 1.31. The van der Waals surface area contributed by atoms with E-state index in [-0.39, 0.29) is 0 Å². The van der Waals surface area contributed by atoms with Crippen molar-refractivity contribution in [2.24, 2.45) is 0 Å². The molecule has 3 N–H and O–H groups in total. The number of rotatable bonds is 1. The molecule has 1 nitrogen and oxygen atoms in total. The first-order chi connectivity index (χ1) is 4.75. The molecular formula is C8H11ClN+. The first kappa shape index (κ1) is 7.58. The van der Waals surface area contributed by atoms with Gasteiger partial charge in [0.15, 0.2) is 0 Å². The van der Waals surface area contributed by atoms with Gasteiger partial charge in [-0.1, -0.05) is 23.7 Å². The van der Waals surface area contributed by atoms with Gasteiger partial charge in [-0.2, -0.15) is 0 Å². The third-order valence-corrected chi connectivity index (χ3v) is 2.06. The molecule has 0 aromatic heterocycles. The maximum absolute atomic E-state index is 5.86. The van der Waals surface area contributed by atoms with Crippen molar-refractivity contribution in [1.82, 2.24) is 0 Å². The summed E-state index contributed by atoms with van der Waals surface area (Å²) in [4.78, 5) is 0. The molecule has 0 aliphatic rings. The lowest BCUT2D eigenvalue weighted by atomic mass is 10.1. The Morgan fingerprint density at radius 1 is 1.50 bits per heavy atom. The van der Waals surface area contributed by atoms with Gasteiger partial charge in [0.1, 0.15) is 0 Å². The van der Waals surface area contributed by atoms with Gasteiger partial charge in [-0.15, -0.1) is 0 Å². The van der Waals surface area contributed by atoms with Crippen LogP contribution < -0.4 is 5.73 Å². The van der Waals surface area contributed by atoms with Crippen molar-refractivity contribution in [1.29, 1.82) is 0 Å². The summed E-state index contributed by atoms with van der Waals surface area (Å²) in [6, 6.07) is 5.90. The van der Waals surface area contributed by atoms with Crippen molar-refractivity contribution in [3.63, 3.8) is 0 Å². The number of hydrogen-bond donors (Lipinski definition) is 1. The molecule has 54 valence electrons. The summed E-state index contributed by atoms with van der Waals surface area (Å²) in [5, 5.41) is 0.834. The van der Waals surface area contributed by atoms with Gasteiger partial charge in [0.2, 0.25) is 0 Å². The standard InChI is InChI=1S/C8H10ClN/c1-6-7(5-10)3-2-4-8(6)9/h2-4H,5,10H2,1H3/p+1. The first-order valence-electron chi connectivity index (χ1n) is 3.29. The van der Waals surface area contributed by atoms with Gasteiger partial charge in [-0.25, -0.2) is 0 Å². The highest BCUT2D eigenvalue weighted by Crippen LogP contribution is 2.17. The van der Waals surface area contributed by atoms with Gasteiger partial charge in [-0.3, -0.25) is 0 Å². The number of benzene rings is 1. The second-order valence-electron chi connectivity index (χ2n) is 2.27. The zero-order chi connectivity index (χ0) is 7.56. The minimum absolute atomic E-state index is 0.812. The Morgan fingerprint density at radius 2 is 2.20 bits per heavy atom. The fourth-order valence-electron chi connectivity index (χ4n) is 0.923. The van der Waals surface area contributed by atoms with E-state index >= 15 is 0 Å². The molecule has 0 bridgehead atoms. The molecule has 1 aromatic rings. The maximum atomic E-state index is 5.86. The summed E-state index contributed by atoms with van der Waals surface area (Å²) in [5.74, 6) is 0. The smallest absolute Gasteiger partial charge is 0.1000 e. The summed E-state index contributed by atoms with van der Waals surface area (Å²) in [6.45, 7) is 2.83. The lowest BCUT2D eigenvalue weighted by Gasteiger charge is -2.00. The Labute approximate surface area is 65.8 Å². The summed E-state index contributed by atoms with van der Waals surface area (Å²) < 4.78 is 0. The molecule has 0 unspecified atom stereocenters. The van der Waals surface area contributed by atoms with E-state index < -0.39 is 0 Å². The minimum atomic E-state index is 0.812. The quantitative estimate of drug-likeness (QED) is 0.637. The molecule has 0 aliphatic heterocycles. The van der Waals surface area contributed by atoms with Crippen molar-refractivity contribution in [3.8, 4) is 0 Å². The molecule has 0 amide bonds. The van der Waals surface area contributed by atoms with Gasteiger partial charge in [0.05, 0.1) is 6.54 Å². The average Bonchev–Trinajstić information content (AvgIpc) is 1.95. The molecule has 0 atom stereocenters. The molecule has 0 spiro atoms. The molecule has 0 saturated carbocycles. The zero-order valence-corrected chi connectivity index (χ0v) is 6.78. The predicted octanol–water partition coefficient (Wildman–Crippen LogP) is 1.39. The zero-order valence-electron chi connectivity index (χ0n) is 6.02. The van der Waals surface area contributed by atoms with Crippen molar-refractivity contribution >= 4 is 11.6 Å². The van der Waals surface area contributed by atoms with Gasteiger partial charge < -0.3 is 5.73 Å². The summed E-state index contributed by atoms with van der Waals surface area (Å²) in [5.41, 5.74) is 6.18. The van der Waals surface area contributed by atoms with E-state index in [1.165, 1.54) is 5.56 Å². The Balaban J connectivity index is 3.14. The lowest BCUT2D eigenvalue weighted by molar-refractivity contribution is -0.386. The van der Waals surface area contributed by atoms with Crippen LogP contribution in [0.1, 0.15) is 11.1 Å². The second-order valence-corrected chi connectivity index (χ2v) is 2.68. The maximum Gasteiger partial charge on any atom is 0.1000 e.